The van der Waals surface area contributed by atoms with Crippen molar-refractivity contribution in [2.24, 2.45) is 0 Å². The lowest BCUT2D eigenvalue weighted by Crippen LogP contribution is -1.99. The third kappa shape index (κ3) is 6.21. The van der Waals surface area contributed by atoms with Crippen molar-refractivity contribution in [2.45, 2.75) is 23.2 Å². The van der Waals surface area contributed by atoms with Gasteiger partial charge in [-0.3, -0.25) is 4.79 Å². The largest absolute Gasteiger partial charge is 0.468 e. The zero-order valence-corrected chi connectivity index (χ0v) is 9.68. The Morgan fingerprint density at radius 3 is 2.41 bits per heavy atom. The van der Waals surface area contributed by atoms with Crippen molar-refractivity contribution in [3.63, 3.8) is 0 Å². The van der Waals surface area contributed by atoms with Crippen LogP contribution >= 0.6 is 11.8 Å². The molecule has 2 nitrogen and oxygen atoms in total. The van der Waals surface area contributed by atoms with Crippen LogP contribution in [0.4, 0.5) is 13.2 Å². The fourth-order valence-corrected chi connectivity index (χ4v) is 1.80. The molecule has 0 atom stereocenters. The average molecular weight is 264 g/mol. The van der Waals surface area contributed by atoms with E-state index in [1.54, 1.807) is 12.1 Å². The third-order valence-electron chi connectivity index (χ3n) is 1.95. The van der Waals surface area contributed by atoms with Crippen LogP contribution < -0.4 is 0 Å². The van der Waals surface area contributed by atoms with E-state index < -0.39 is 5.51 Å². The number of hydrogen-bond donors (Lipinski definition) is 0. The van der Waals surface area contributed by atoms with Crippen molar-refractivity contribution in [3.05, 3.63) is 29.8 Å². The van der Waals surface area contributed by atoms with E-state index in [0.29, 0.717) is 25.9 Å². The maximum absolute atomic E-state index is 12.0. The lowest BCUT2D eigenvalue weighted by Gasteiger charge is -2.06. The van der Waals surface area contributed by atoms with E-state index in [9.17, 15) is 18.0 Å². The van der Waals surface area contributed by atoms with Crippen LogP contribution in [0, 0.1) is 0 Å². The standard InChI is InChI=1S/C11H11F3O2S/c12-11(13,14)17-10-5-3-9(4-6-10)2-1-7-16-8-15/h3-6,8H,1-2,7H2. The number of benzene rings is 1. The summed E-state index contributed by atoms with van der Waals surface area (Å²) in [6.45, 7) is 0.700. The van der Waals surface area contributed by atoms with Gasteiger partial charge in [-0.1, -0.05) is 12.1 Å². The van der Waals surface area contributed by atoms with E-state index in [0.717, 1.165) is 5.56 Å². The van der Waals surface area contributed by atoms with E-state index in [1.165, 1.54) is 12.1 Å². The summed E-state index contributed by atoms with van der Waals surface area (Å²) in [5.41, 5.74) is -3.33. The second-order valence-corrected chi connectivity index (χ2v) is 4.40. The van der Waals surface area contributed by atoms with Gasteiger partial charge in [0.1, 0.15) is 0 Å². The Balaban J connectivity index is 2.42. The minimum atomic E-state index is -4.25. The Morgan fingerprint density at radius 2 is 1.88 bits per heavy atom. The molecule has 0 radical (unpaired) electrons. The summed E-state index contributed by atoms with van der Waals surface area (Å²) in [5.74, 6) is 0. The molecule has 0 aromatic heterocycles. The molecule has 0 bridgehead atoms. The van der Waals surface area contributed by atoms with Crippen molar-refractivity contribution in [1.29, 1.82) is 0 Å². The summed E-state index contributed by atoms with van der Waals surface area (Å²) in [7, 11) is 0. The van der Waals surface area contributed by atoms with Crippen LogP contribution in [0.1, 0.15) is 12.0 Å². The van der Waals surface area contributed by atoms with Gasteiger partial charge in [0.05, 0.1) is 6.61 Å². The Kier molecular flexibility index (Phi) is 5.34. The monoisotopic (exact) mass is 264 g/mol. The Morgan fingerprint density at radius 1 is 1.24 bits per heavy atom. The summed E-state index contributed by atoms with van der Waals surface area (Å²) in [5, 5.41) is 0. The molecule has 0 heterocycles. The number of rotatable bonds is 6. The van der Waals surface area contributed by atoms with Gasteiger partial charge in [0, 0.05) is 4.90 Å². The maximum atomic E-state index is 12.0. The number of hydrogen-bond acceptors (Lipinski definition) is 3. The van der Waals surface area contributed by atoms with Gasteiger partial charge in [-0.05, 0) is 42.3 Å². The van der Waals surface area contributed by atoms with E-state index in [4.69, 9.17) is 0 Å². The SMILES string of the molecule is O=COCCCc1ccc(SC(F)(F)F)cc1. The van der Waals surface area contributed by atoms with Crippen LogP contribution in [-0.4, -0.2) is 18.6 Å². The lowest BCUT2D eigenvalue weighted by atomic mass is 10.1. The normalized spacial score (nSPS) is 11.2. The smallest absolute Gasteiger partial charge is 0.446 e. The molecule has 1 aromatic carbocycles. The van der Waals surface area contributed by atoms with E-state index in [2.05, 4.69) is 4.74 Å². The number of halogens is 3. The van der Waals surface area contributed by atoms with Crippen LogP contribution in [0.2, 0.25) is 0 Å². The van der Waals surface area contributed by atoms with Gasteiger partial charge >= 0.3 is 5.51 Å². The van der Waals surface area contributed by atoms with Gasteiger partial charge in [-0.2, -0.15) is 13.2 Å². The van der Waals surface area contributed by atoms with Crippen LogP contribution in [0.25, 0.3) is 0 Å². The topological polar surface area (TPSA) is 26.3 Å². The average Bonchev–Trinajstić information content (AvgIpc) is 2.25. The predicted molar refractivity (Wildman–Crippen MR) is 58.7 cm³/mol. The molecule has 0 saturated heterocycles. The first-order chi connectivity index (χ1) is 8.01. The van der Waals surface area contributed by atoms with Crippen molar-refractivity contribution in [2.75, 3.05) is 6.61 Å². The summed E-state index contributed by atoms with van der Waals surface area (Å²) in [4.78, 5) is 10.0. The van der Waals surface area contributed by atoms with Crippen molar-refractivity contribution < 1.29 is 22.7 Å². The van der Waals surface area contributed by atoms with Crippen molar-refractivity contribution >= 4 is 18.2 Å². The minimum Gasteiger partial charge on any atom is -0.468 e. The van der Waals surface area contributed by atoms with Gasteiger partial charge < -0.3 is 4.74 Å². The molecular weight excluding hydrogens is 253 g/mol. The van der Waals surface area contributed by atoms with Crippen molar-refractivity contribution in [3.8, 4) is 0 Å². The molecule has 17 heavy (non-hydrogen) atoms. The molecule has 0 spiro atoms. The fraction of sp³-hybridized carbons (Fsp3) is 0.364. The molecule has 1 aromatic rings. The molecule has 6 heteroatoms. The van der Waals surface area contributed by atoms with Crippen molar-refractivity contribution in [1.82, 2.24) is 0 Å². The molecule has 0 N–H and O–H groups in total. The number of carbonyl (C=O) groups excluding carboxylic acids is 1. The van der Waals surface area contributed by atoms with Crippen LogP contribution in [0.3, 0.4) is 0 Å². The van der Waals surface area contributed by atoms with E-state index in [-0.39, 0.29) is 16.7 Å². The maximum Gasteiger partial charge on any atom is 0.446 e. The molecule has 0 aliphatic rings. The number of aryl methyl sites for hydroxylation is 1. The summed E-state index contributed by atoms with van der Waals surface area (Å²) in [6, 6.07) is 6.17. The minimum absolute atomic E-state index is 0.130. The first kappa shape index (κ1) is 13.9. The Hall–Kier alpha value is -1.17. The number of ether oxygens (including phenoxy) is 1. The molecule has 0 amide bonds. The Bertz CT molecular complexity index is 349. The highest BCUT2D eigenvalue weighted by Crippen LogP contribution is 2.36. The summed E-state index contributed by atoms with van der Waals surface area (Å²) >= 11 is -0.130. The Labute approximate surface area is 101 Å². The summed E-state index contributed by atoms with van der Waals surface area (Å²) < 4.78 is 40.6. The quantitative estimate of drug-likeness (QED) is 0.447. The predicted octanol–water partition coefficient (Wildman–Crippen LogP) is 3.40. The second kappa shape index (κ2) is 6.54. The second-order valence-electron chi connectivity index (χ2n) is 3.26. The molecule has 0 unspecified atom stereocenters. The van der Waals surface area contributed by atoms with Gasteiger partial charge in [0.25, 0.3) is 6.47 Å². The molecule has 0 aliphatic heterocycles. The molecule has 1 rings (SSSR count). The van der Waals surface area contributed by atoms with Crippen LogP contribution in [0.5, 0.6) is 0 Å². The van der Waals surface area contributed by atoms with Crippen LogP contribution in [-0.2, 0) is 16.0 Å². The first-order valence-electron chi connectivity index (χ1n) is 4.91. The first-order valence-corrected chi connectivity index (χ1v) is 5.73. The van der Waals surface area contributed by atoms with Gasteiger partial charge in [-0.15, -0.1) is 0 Å². The zero-order chi connectivity index (χ0) is 12.7. The lowest BCUT2D eigenvalue weighted by molar-refractivity contribution is -0.128. The molecular formula is C11H11F3O2S. The zero-order valence-electron chi connectivity index (χ0n) is 8.87. The number of thioether (sulfide) groups is 1. The molecule has 0 aliphatic carbocycles. The highest BCUT2D eigenvalue weighted by molar-refractivity contribution is 8.00. The molecule has 94 valence electrons. The highest BCUT2D eigenvalue weighted by Gasteiger charge is 2.28. The van der Waals surface area contributed by atoms with Crippen LogP contribution in [0.15, 0.2) is 29.2 Å². The summed E-state index contributed by atoms with van der Waals surface area (Å²) in [6.07, 6.45) is 1.33. The molecule has 0 fully saturated rings. The highest BCUT2D eigenvalue weighted by atomic mass is 32.2. The molecule has 0 saturated carbocycles. The third-order valence-corrected chi connectivity index (χ3v) is 2.69. The van der Waals surface area contributed by atoms with Gasteiger partial charge in [0.2, 0.25) is 0 Å². The van der Waals surface area contributed by atoms with E-state index >= 15 is 0 Å². The van der Waals surface area contributed by atoms with E-state index in [1.807, 2.05) is 0 Å². The van der Waals surface area contributed by atoms with Gasteiger partial charge in [-0.25, -0.2) is 0 Å². The fourth-order valence-electron chi connectivity index (χ4n) is 1.27. The number of alkyl halides is 3. The number of carbonyl (C=O) groups is 1. The van der Waals surface area contributed by atoms with Gasteiger partial charge in [0.15, 0.2) is 0 Å².